The van der Waals surface area contributed by atoms with Crippen molar-refractivity contribution < 1.29 is 13.9 Å². The Hall–Kier alpha value is -1.85. The standard InChI is InChI=1S/C19H24N2O3/c22-19(20-4-5-21-6-8-23-9-7-21)12-16-13-24-18-11-15-3-1-2-14(15)10-17(16)18/h10-11,13H,1-9,12H2,(H,20,22). The van der Waals surface area contributed by atoms with Crippen LogP contribution < -0.4 is 5.32 Å². The molecule has 2 heterocycles. The molecule has 0 bridgehead atoms. The van der Waals surface area contributed by atoms with Crippen LogP contribution in [0.1, 0.15) is 23.1 Å². The third kappa shape index (κ3) is 3.32. The van der Waals surface area contributed by atoms with Crippen LogP contribution in [0.15, 0.2) is 22.8 Å². The average molecular weight is 328 g/mol. The minimum Gasteiger partial charge on any atom is -0.464 e. The molecule has 1 N–H and O–H groups in total. The molecule has 2 aliphatic rings. The summed E-state index contributed by atoms with van der Waals surface area (Å²) in [6, 6.07) is 4.37. The molecule has 1 aromatic heterocycles. The predicted molar refractivity (Wildman–Crippen MR) is 92.2 cm³/mol. The third-order valence-corrected chi connectivity index (χ3v) is 5.07. The van der Waals surface area contributed by atoms with Crippen molar-refractivity contribution >= 4 is 16.9 Å². The molecule has 1 amide bonds. The second-order valence-corrected chi connectivity index (χ2v) is 6.71. The molecule has 2 aromatic rings. The molecule has 5 nitrogen and oxygen atoms in total. The van der Waals surface area contributed by atoms with E-state index in [0.717, 1.165) is 62.2 Å². The number of carbonyl (C=O) groups is 1. The first kappa shape index (κ1) is 15.7. The summed E-state index contributed by atoms with van der Waals surface area (Å²) in [5.41, 5.74) is 4.71. The van der Waals surface area contributed by atoms with Gasteiger partial charge in [-0.05, 0) is 42.5 Å². The quantitative estimate of drug-likeness (QED) is 0.911. The number of amides is 1. The minimum atomic E-state index is 0.0615. The van der Waals surface area contributed by atoms with Crippen LogP contribution in [0.2, 0.25) is 0 Å². The zero-order valence-electron chi connectivity index (χ0n) is 14.0. The minimum absolute atomic E-state index is 0.0615. The van der Waals surface area contributed by atoms with Gasteiger partial charge >= 0.3 is 0 Å². The number of rotatable bonds is 5. The Morgan fingerprint density at radius 2 is 1.96 bits per heavy atom. The number of benzene rings is 1. The van der Waals surface area contributed by atoms with E-state index in [9.17, 15) is 4.79 Å². The maximum absolute atomic E-state index is 12.2. The van der Waals surface area contributed by atoms with Gasteiger partial charge in [-0.1, -0.05) is 0 Å². The average Bonchev–Trinajstić information content (AvgIpc) is 3.20. The van der Waals surface area contributed by atoms with Gasteiger partial charge in [0.1, 0.15) is 5.58 Å². The Balaban J connectivity index is 1.34. The summed E-state index contributed by atoms with van der Waals surface area (Å²) in [6.07, 6.45) is 5.63. The summed E-state index contributed by atoms with van der Waals surface area (Å²) in [6.45, 7) is 5.05. The summed E-state index contributed by atoms with van der Waals surface area (Å²) in [7, 11) is 0. The van der Waals surface area contributed by atoms with E-state index in [1.165, 1.54) is 17.5 Å². The number of ether oxygens (including phenoxy) is 1. The number of nitrogens with one attached hydrogen (secondary N) is 1. The number of nitrogens with zero attached hydrogens (tertiary/aromatic N) is 1. The molecule has 0 radical (unpaired) electrons. The Morgan fingerprint density at radius 1 is 1.17 bits per heavy atom. The lowest BCUT2D eigenvalue weighted by Crippen LogP contribution is -2.41. The van der Waals surface area contributed by atoms with Crippen LogP contribution in [0.5, 0.6) is 0 Å². The highest BCUT2D eigenvalue weighted by molar-refractivity contribution is 5.88. The van der Waals surface area contributed by atoms with E-state index in [-0.39, 0.29) is 5.91 Å². The number of hydrogen-bond donors (Lipinski definition) is 1. The van der Waals surface area contributed by atoms with E-state index < -0.39 is 0 Å². The number of carbonyl (C=O) groups excluding carboxylic acids is 1. The molecule has 0 saturated carbocycles. The molecule has 1 aliphatic carbocycles. The lowest BCUT2D eigenvalue weighted by molar-refractivity contribution is -0.120. The van der Waals surface area contributed by atoms with Gasteiger partial charge in [-0.2, -0.15) is 0 Å². The fourth-order valence-corrected chi connectivity index (χ4v) is 3.70. The van der Waals surface area contributed by atoms with Crippen molar-refractivity contribution in [2.75, 3.05) is 39.4 Å². The van der Waals surface area contributed by atoms with E-state index >= 15 is 0 Å². The van der Waals surface area contributed by atoms with Gasteiger partial charge in [0.05, 0.1) is 25.9 Å². The largest absolute Gasteiger partial charge is 0.464 e. The number of aryl methyl sites for hydroxylation is 2. The van der Waals surface area contributed by atoms with Crippen LogP contribution in [0, 0.1) is 0 Å². The number of morpholine rings is 1. The molecule has 4 rings (SSSR count). The number of hydrogen-bond acceptors (Lipinski definition) is 4. The van der Waals surface area contributed by atoms with Gasteiger partial charge in [-0.25, -0.2) is 0 Å². The van der Waals surface area contributed by atoms with Crippen molar-refractivity contribution in [3.05, 3.63) is 35.1 Å². The topological polar surface area (TPSA) is 54.7 Å². The normalized spacial score (nSPS) is 18.0. The summed E-state index contributed by atoms with van der Waals surface area (Å²) in [4.78, 5) is 14.6. The highest BCUT2D eigenvalue weighted by atomic mass is 16.5. The number of furan rings is 1. The van der Waals surface area contributed by atoms with Gasteiger partial charge < -0.3 is 14.5 Å². The Morgan fingerprint density at radius 3 is 2.79 bits per heavy atom. The van der Waals surface area contributed by atoms with Crippen LogP contribution in [-0.4, -0.2) is 50.2 Å². The number of fused-ring (bicyclic) bond motifs is 2. The van der Waals surface area contributed by atoms with E-state index in [0.29, 0.717) is 13.0 Å². The molecule has 0 unspecified atom stereocenters. The van der Waals surface area contributed by atoms with Crippen LogP contribution in [0.4, 0.5) is 0 Å². The maximum atomic E-state index is 12.2. The molecule has 1 aromatic carbocycles. The van der Waals surface area contributed by atoms with Crippen molar-refractivity contribution in [2.24, 2.45) is 0 Å². The van der Waals surface area contributed by atoms with E-state index in [4.69, 9.17) is 9.15 Å². The maximum Gasteiger partial charge on any atom is 0.224 e. The second-order valence-electron chi connectivity index (χ2n) is 6.71. The zero-order valence-corrected chi connectivity index (χ0v) is 14.0. The Kier molecular flexibility index (Phi) is 4.54. The Labute approximate surface area is 141 Å². The summed E-state index contributed by atoms with van der Waals surface area (Å²) in [5, 5.41) is 4.12. The molecule has 128 valence electrons. The van der Waals surface area contributed by atoms with Crippen LogP contribution >= 0.6 is 0 Å². The molecule has 5 heteroatoms. The molecule has 24 heavy (non-hydrogen) atoms. The molecular weight excluding hydrogens is 304 g/mol. The molecule has 0 spiro atoms. The van der Waals surface area contributed by atoms with Crippen molar-refractivity contribution in [2.45, 2.75) is 25.7 Å². The van der Waals surface area contributed by atoms with Crippen molar-refractivity contribution in [1.82, 2.24) is 10.2 Å². The molecule has 1 saturated heterocycles. The van der Waals surface area contributed by atoms with Gasteiger partial charge in [0.2, 0.25) is 5.91 Å². The van der Waals surface area contributed by atoms with E-state index in [1.807, 2.05) is 0 Å². The van der Waals surface area contributed by atoms with E-state index in [1.54, 1.807) is 6.26 Å². The summed E-state index contributed by atoms with van der Waals surface area (Å²) < 4.78 is 11.0. The SMILES string of the molecule is O=C(Cc1coc2cc3c(cc12)CCC3)NCCN1CCOCC1. The smallest absolute Gasteiger partial charge is 0.224 e. The lowest BCUT2D eigenvalue weighted by atomic mass is 10.0. The molecular formula is C19H24N2O3. The van der Waals surface area contributed by atoms with Crippen LogP contribution in [-0.2, 0) is 28.8 Å². The zero-order chi connectivity index (χ0) is 16.4. The Bertz CT molecular complexity index is 732. The predicted octanol–water partition coefficient (Wildman–Crippen LogP) is 1.91. The van der Waals surface area contributed by atoms with Gasteiger partial charge in [-0.3, -0.25) is 9.69 Å². The first-order valence-electron chi connectivity index (χ1n) is 8.88. The summed E-state index contributed by atoms with van der Waals surface area (Å²) >= 11 is 0. The van der Waals surface area contributed by atoms with Gasteiger partial charge in [0, 0.05) is 37.1 Å². The monoisotopic (exact) mass is 328 g/mol. The van der Waals surface area contributed by atoms with Gasteiger partial charge in [0.25, 0.3) is 0 Å². The highest BCUT2D eigenvalue weighted by Gasteiger charge is 2.17. The van der Waals surface area contributed by atoms with Crippen LogP contribution in [0.25, 0.3) is 11.0 Å². The van der Waals surface area contributed by atoms with Crippen molar-refractivity contribution in [3.63, 3.8) is 0 Å². The van der Waals surface area contributed by atoms with Crippen molar-refractivity contribution in [1.29, 1.82) is 0 Å². The van der Waals surface area contributed by atoms with Gasteiger partial charge in [-0.15, -0.1) is 0 Å². The second kappa shape index (κ2) is 6.95. The first-order valence-corrected chi connectivity index (χ1v) is 8.88. The molecule has 1 aliphatic heterocycles. The van der Waals surface area contributed by atoms with Crippen LogP contribution in [0.3, 0.4) is 0 Å². The summed E-state index contributed by atoms with van der Waals surface area (Å²) in [5.74, 6) is 0.0615. The highest BCUT2D eigenvalue weighted by Crippen LogP contribution is 2.30. The fraction of sp³-hybridized carbons (Fsp3) is 0.526. The third-order valence-electron chi connectivity index (χ3n) is 5.07. The molecule has 0 atom stereocenters. The molecule has 1 fully saturated rings. The van der Waals surface area contributed by atoms with E-state index in [2.05, 4.69) is 22.3 Å². The lowest BCUT2D eigenvalue weighted by Gasteiger charge is -2.26. The first-order chi connectivity index (χ1) is 11.8. The van der Waals surface area contributed by atoms with Gasteiger partial charge in [0.15, 0.2) is 0 Å². The van der Waals surface area contributed by atoms with Crippen molar-refractivity contribution in [3.8, 4) is 0 Å². The fourth-order valence-electron chi connectivity index (χ4n) is 3.70.